The Labute approximate surface area is 123 Å². The van der Waals surface area contributed by atoms with Gasteiger partial charge in [0.15, 0.2) is 0 Å². The number of hydrogen-bond donors (Lipinski definition) is 2. The van der Waals surface area contributed by atoms with Crippen LogP contribution >= 0.6 is 0 Å². The Balaban J connectivity index is 1.89. The second kappa shape index (κ2) is 5.84. The topological polar surface area (TPSA) is 47.3 Å². The van der Waals surface area contributed by atoms with E-state index in [9.17, 15) is 4.39 Å². The summed E-state index contributed by atoms with van der Waals surface area (Å²) < 4.78 is 19.6. The van der Waals surface area contributed by atoms with Crippen LogP contribution in [0.15, 0.2) is 42.5 Å². The summed E-state index contributed by atoms with van der Waals surface area (Å²) in [7, 11) is 0. The molecule has 2 aromatic rings. The van der Waals surface area contributed by atoms with Gasteiger partial charge in [-0.25, -0.2) is 9.82 Å². The third kappa shape index (κ3) is 3.23. The van der Waals surface area contributed by atoms with Gasteiger partial charge in [0.1, 0.15) is 11.6 Å². The smallest absolute Gasteiger partial charge is 0.126 e. The first-order valence-corrected chi connectivity index (χ1v) is 7.16. The molecule has 1 unspecified atom stereocenters. The maximum absolute atomic E-state index is 13.8. The maximum Gasteiger partial charge on any atom is 0.126 e. The van der Waals surface area contributed by atoms with Crippen LogP contribution in [0.3, 0.4) is 0 Å². The number of ether oxygens (including phenoxy) is 1. The standard InChI is InChI=1S/C17H19FN2O/c1-11-5-6-13(10-16(11)18)17(20-19)12-3-2-4-15(9-12)21-14-7-8-14/h2-6,9-10,14,17,20H,7-8,19H2,1H3. The van der Waals surface area contributed by atoms with Crippen LogP contribution in [0.4, 0.5) is 4.39 Å². The molecule has 3 N–H and O–H groups in total. The Morgan fingerprint density at radius 2 is 1.95 bits per heavy atom. The van der Waals surface area contributed by atoms with E-state index in [0.717, 1.165) is 29.7 Å². The molecule has 0 radical (unpaired) electrons. The maximum atomic E-state index is 13.8. The van der Waals surface area contributed by atoms with Crippen LogP contribution in [-0.4, -0.2) is 6.10 Å². The molecule has 110 valence electrons. The van der Waals surface area contributed by atoms with E-state index in [1.54, 1.807) is 13.0 Å². The lowest BCUT2D eigenvalue weighted by molar-refractivity contribution is 0.302. The van der Waals surface area contributed by atoms with Gasteiger partial charge in [0.05, 0.1) is 12.1 Å². The molecule has 4 heteroatoms. The highest BCUT2D eigenvalue weighted by Gasteiger charge is 2.24. The van der Waals surface area contributed by atoms with E-state index in [1.807, 2.05) is 30.3 Å². The monoisotopic (exact) mass is 286 g/mol. The number of nitrogens with two attached hydrogens (primary N) is 1. The van der Waals surface area contributed by atoms with E-state index in [1.165, 1.54) is 6.07 Å². The number of hydrazine groups is 1. The van der Waals surface area contributed by atoms with E-state index in [0.29, 0.717) is 11.7 Å². The van der Waals surface area contributed by atoms with E-state index >= 15 is 0 Å². The summed E-state index contributed by atoms with van der Waals surface area (Å²) in [6.07, 6.45) is 2.58. The van der Waals surface area contributed by atoms with E-state index in [-0.39, 0.29) is 11.9 Å². The summed E-state index contributed by atoms with van der Waals surface area (Å²) in [5.41, 5.74) is 5.13. The number of benzene rings is 2. The average Bonchev–Trinajstić information content (AvgIpc) is 3.28. The predicted octanol–water partition coefficient (Wildman–Crippen LogP) is 3.23. The molecule has 0 spiro atoms. The van der Waals surface area contributed by atoms with Crippen molar-refractivity contribution in [2.45, 2.75) is 31.9 Å². The minimum atomic E-state index is -0.261. The molecule has 3 nitrogen and oxygen atoms in total. The fourth-order valence-corrected chi connectivity index (χ4v) is 2.32. The lowest BCUT2D eigenvalue weighted by atomic mass is 9.98. The summed E-state index contributed by atoms with van der Waals surface area (Å²) in [6.45, 7) is 1.74. The van der Waals surface area contributed by atoms with Gasteiger partial charge in [0.25, 0.3) is 0 Å². The van der Waals surface area contributed by atoms with Crippen molar-refractivity contribution in [3.8, 4) is 5.75 Å². The lowest BCUT2D eigenvalue weighted by Gasteiger charge is -2.18. The molecule has 0 bridgehead atoms. The summed E-state index contributed by atoms with van der Waals surface area (Å²) in [6, 6.07) is 12.7. The molecule has 1 fully saturated rings. The summed E-state index contributed by atoms with van der Waals surface area (Å²) >= 11 is 0. The molecular formula is C17H19FN2O. The van der Waals surface area contributed by atoms with Crippen LogP contribution in [-0.2, 0) is 0 Å². The second-order valence-electron chi connectivity index (χ2n) is 5.50. The number of nitrogens with one attached hydrogen (secondary N) is 1. The number of halogens is 1. The second-order valence-corrected chi connectivity index (χ2v) is 5.50. The zero-order valence-electron chi connectivity index (χ0n) is 12.0. The van der Waals surface area contributed by atoms with Crippen LogP contribution in [0.25, 0.3) is 0 Å². The molecule has 1 aliphatic carbocycles. The first-order chi connectivity index (χ1) is 10.2. The van der Waals surface area contributed by atoms with Crippen molar-refractivity contribution in [3.05, 3.63) is 65.0 Å². The van der Waals surface area contributed by atoms with Crippen LogP contribution in [0.1, 0.15) is 35.6 Å². The number of aryl methyl sites for hydroxylation is 1. The average molecular weight is 286 g/mol. The van der Waals surface area contributed by atoms with Crippen LogP contribution in [0.5, 0.6) is 5.75 Å². The molecular weight excluding hydrogens is 267 g/mol. The summed E-state index contributed by atoms with van der Waals surface area (Å²) in [5, 5.41) is 0. The first-order valence-electron chi connectivity index (χ1n) is 7.16. The largest absolute Gasteiger partial charge is 0.490 e. The van der Waals surface area contributed by atoms with Gasteiger partial charge in [0, 0.05) is 0 Å². The molecule has 1 atom stereocenters. The van der Waals surface area contributed by atoms with Crippen LogP contribution in [0, 0.1) is 12.7 Å². The zero-order valence-corrected chi connectivity index (χ0v) is 12.0. The van der Waals surface area contributed by atoms with Gasteiger partial charge in [-0.05, 0) is 54.7 Å². The Kier molecular flexibility index (Phi) is 3.90. The highest BCUT2D eigenvalue weighted by molar-refractivity contribution is 5.38. The van der Waals surface area contributed by atoms with Gasteiger partial charge in [0.2, 0.25) is 0 Å². The van der Waals surface area contributed by atoms with Gasteiger partial charge >= 0.3 is 0 Å². The number of rotatable bonds is 5. The Hall–Kier alpha value is -1.91. The third-order valence-corrected chi connectivity index (χ3v) is 3.71. The fraction of sp³-hybridized carbons (Fsp3) is 0.294. The highest BCUT2D eigenvalue weighted by Crippen LogP contribution is 2.30. The van der Waals surface area contributed by atoms with Crippen molar-refractivity contribution in [1.29, 1.82) is 0 Å². The molecule has 3 rings (SSSR count). The molecule has 0 amide bonds. The Morgan fingerprint density at radius 1 is 1.19 bits per heavy atom. The molecule has 0 aliphatic heterocycles. The zero-order chi connectivity index (χ0) is 14.8. The minimum absolute atomic E-state index is 0.224. The third-order valence-electron chi connectivity index (χ3n) is 3.71. The van der Waals surface area contributed by atoms with Crippen LogP contribution < -0.4 is 16.0 Å². The summed E-state index contributed by atoms with van der Waals surface area (Å²) in [5.74, 6) is 6.29. The minimum Gasteiger partial charge on any atom is -0.490 e. The molecule has 21 heavy (non-hydrogen) atoms. The molecule has 0 saturated heterocycles. The fourth-order valence-electron chi connectivity index (χ4n) is 2.32. The molecule has 1 saturated carbocycles. The normalized spacial score (nSPS) is 15.8. The first kappa shape index (κ1) is 14.0. The van der Waals surface area contributed by atoms with Crippen LogP contribution in [0.2, 0.25) is 0 Å². The van der Waals surface area contributed by atoms with E-state index in [4.69, 9.17) is 10.6 Å². The quantitative estimate of drug-likeness (QED) is 0.655. The Bertz CT molecular complexity index is 640. The Morgan fingerprint density at radius 3 is 2.62 bits per heavy atom. The van der Waals surface area contributed by atoms with Crippen molar-refractivity contribution in [2.75, 3.05) is 0 Å². The van der Waals surface area contributed by atoms with Crippen molar-refractivity contribution >= 4 is 0 Å². The molecule has 0 aromatic heterocycles. The predicted molar refractivity (Wildman–Crippen MR) is 80.4 cm³/mol. The van der Waals surface area contributed by atoms with Gasteiger partial charge in [-0.1, -0.05) is 24.3 Å². The molecule has 2 aromatic carbocycles. The summed E-state index contributed by atoms with van der Waals surface area (Å²) in [4.78, 5) is 0. The van der Waals surface area contributed by atoms with Gasteiger partial charge in [-0.15, -0.1) is 0 Å². The van der Waals surface area contributed by atoms with Crippen molar-refractivity contribution < 1.29 is 9.13 Å². The number of hydrogen-bond acceptors (Lipinski definition) is 3. The molecule has 0 heterocycles. The van der Waals surface area contributed by atoms with Crippen molar-refractivity contribution in [1.82, 2.24) is 5.43 Å². The van der Waals surface area contributed by atoms with E-state index in [2.05, 4.69) is 5.43 Å². The van der Waals surface area contributed by atoms with Gasteiger partial charge in [-0.2, -0.15) is 0 Å². The highest BCUT2D eigenvalue weighted by atomic mass is 19.1. The van der Waals surface area contributed by atoms with E-state index < -0.39 is 0 Å². The molecule has 1 aliphatic rings. The van der Waals surface area contributed by atoms with Gasteiger partial charge in [-0.3, -0.25) is 5.84 Å². The lowest BCUT2D eigenvalue weighted by Crippen LogP contribution is -2.29. The SMILES string of the molecule is Cc1ccc(C(NN)c2cccc(OC3CC3)c2)cc1F. The van der Waals surface area contributed by atoms with Crippen molar-refractivity contribution in [3.63, 3.8) is 0 Å². The van der Waals surface area contributed by atoms with Gasteiger partial charge < -0.3 is 4.74 Å². The van der Waals surface area contributed by atoms with Crippen molar-refractivity contribution in [2.24, 2.45) is 5.84 Å².